The second kappa shape index (κ2) is 20.2. The Morgan fingerprint density at radius 2 is 1.65 bits per heavy atom. The lowest BCUT2D eigenvalue weighted by Gasteiger charge is -2.35. The van der Waals surface area contributed by atoms with Crippen LogP contribution in [0.1, 0.15) is 66.3 Å². The topological polar surface area (TPSA) is 191 Å². The second-order valence-corrected chi connectivity index (χ2v) is 19.2. The largest absolute Gasteiger partial charge is 0.493 e. The molecule has 2 aliphatic heterocycles. The number of thioether (sulfide) groups is 1. The number of methoxy groups -OCH3 is 1. The van der Waals surface area contributed by atoms with Crippen molar-refractivity contribution in [2.45, 2.75) is 78.7 Å². The summed E-state index contributed by atoms with van der Waals surface area (Å²) in [6.45, 7) is 9.49. The molecule has 340 valence electrons. The van der Waals surface area contributed by atoms with Crippen LogP contribution in [0.5, 0.6) is 17.2 Å². The number of carbonyl (C=O) groups is 5. The Hall–Kier alpha value is -6.80. The lowest BCUT2D eigenvalue weighted by molar-refractivity contribution is -0.144. The maximum absolute atomic E-state index is 14.1. The first kappa shape index (κ1) is 47.2. The molecule has 0 radical (unpaired) electrons. The first-order chi connectivity index (χ1) is 31.5. The molecule has 2 aliphatic rings. The SMILES string of the molecule is COc1cc(/C=C2\SC(=O)N(Cc3ccc(CC(=O)N[C@H](C(=O)N4C[C@H](O)CC4C(=O)NCc4ccc(-c5scnc5C)cc4)C(C)(C)C)cc3)C2=O)ccc1Oc1ccc(C#N)cc1C. The van der Waals surface area contributed by atoms with E-state index in [2.05, 4.69) is 21.7 Å². The summed E-state index contributed by atoms with van der Waals surface area (Å²) in [7, 11) is 1.50. The molecule has 3 N–H and O–H groups in total. The Balaban J connectivity index is 0.937. The highest BCUT2D eigenvalue weighted by Gasteiger charge is 2.44. The summed E-state index contributed by atoms with van der Waals surface area (Å²) in [5, 5.41) is 25.2. The number of thiazole rings is 1. The Morgan fingerprint density at radius 1 is 0.955 bits per heavy atom. The van der Waals surface area contributed by atoms with Crippen LogP contribution in [0.2, 0.25) is 0 Å². The van der Waals surface area contributed by atoms with Crippen molar-refractivity contribution in [3.8, 4) is 33.8 Å². The van der Waals surface area contributed by atoms with Crippen molar-refractivity contribution in [3.05, 3.63) is 134 Å². The summed E-state index contributed by atoms with van der Waals surface area (Å²) in [4.78, 5) is 75.8. The number of hydrogen-bond acceptors (Lipinski definition) is 12. The first-order valence-electron chi connectivity index (χ1n) is 21.3. The van der Waals surface area contributed by atoms with Crippen LogP contribution in [0.4, 0.5) is 4.79 Å². The highest BCUT2D eigenvalue weighted by Crippen LogP contribution is 2.38. The van der Waals surface area contributed by atoms with Gasteiger partial charge >= 0.3 is 0 Å². The zero-order valence-corrected chi connectivity index (χ0v) is 39.0. The Morgan fingerprint density at radius 3 is 2.30 bits per heavy atom. The van der Waals surface area contributed by atoms with Gasteiger partial charge in [0, 0.05) is 19.5 Å². The minimum atomic E-state index is -0.995. The summed E-state index contributed by atoms with van der Waals surface area (Å²) in [6, 6.07) is 25.2. The standard InChI is InChI=1S/C50H50N6O8S2/c1-29-19-35(24-51)14-17-39(29)64-40-18-13-34(20-41(40)63-6)21-42-47(60)56(49(62)66-42)26-33-9-7-31(8-10-33)22-43(58)54-45(50(3,4)5)48(61)55-27-37(57)23-38(55)46(59)52-25-32-11-15-36(16-12-32)44-30(2)53-28-65-44/h7-21,28,37-38,45,57H,22-23,25-27H2,1-6H3,(H,52,59)(H,54,58)/b42-21-/t37-,38?,45-/m1/s1. The van der Waals surface area contributed by atoms with Gasteiger partial charge in [-0.15, -0.1) is 11.3 Å². The van der Waals surface area contributed by atoms with Crippen LogP contribution >= 0.6 is 23.1 Å². The van der Waals surface area contributed by atoms with Gasteiger partial charge in [-0.05, 0) is 101 Å². The monoisotopic (exact) mass is 926 g/mol. The van der Waals surface area contributed by atoms with Crippen LogP contribution < -0.4 is 20.1 Å². The fourth-order valence-electron chi connectivity index (χ4n) is 7.72. The van der Waals surface area contributed by atoms with Gasteiger partial charge in [-0.2, -0.15) is 5.26 Å². The third-order valence-corrected chi connectivity index (χ3v) is 13.2. The van der Waals surface area contributed by atoms with Crippen molar-refractivity contribution < 1.29 is 38.6 Å². The third-order valence-electron chi connectivity index (χ3n) is 11.3. The molecular formula is C50H50N6O8S2. The van der Waals surface area contributed by atoms with Gasteiger partial charge in [0.25, 0.3) is 11.1 Å². The van der Waals surface area contributed by atoms with Gasteiger partial charge in [-0.25, -0.2) is 4.98 Å². The molecule has 3 heterocycles. The van der Waals surface area contributed by atoms with Gasteiger partial charge in [-0.3, -0.25) is 28.9 Å². The second-order valence-electron chi connectivity index (χ2n) is 17.3. The number of aliphatic hydroxyl groups is 1. The van der Waals surface area contributed by atoms with E-state index >= 15 is 0 Å². The fourth-order valence-corrected chi connectivity index (χ4v) is 9.37. The number of nitriles is 1. The highest BCUT2D eigenvalue weighted by atomic mass is 32.2. The van der Waals surface area contributed by atoms with Crippen molar-refractivity contribution in [1.82, 2.24) is 25.4 Å². The van der Waals surface area contributed by atoms with Crippen molar-refractivity contribution >= 4 is 58.0 Å². The zero-order valence-electron chi connectivity index (χ0n) is 37.4. The van der Waals surface area contributed by atoms with Crippen LogP contribution in [0.3, 0.4) is 0 Å². The number of ether oxygens (including phenoxy) is 2. The molecule has 0 spiro atoms. The van der Waals surface area contributed by atoms with Gasteiger partial charge < -0.3 is 30.1 Å². The van der Waals surface area contributed by atoms with Crippen LogP contribution in [0.25, 0.3) is 16.5 Å². The molecule has 1 aromatic heterocycles. The zero-order chi connectivity index (χ0) is 47.3. The van der Waals surface area contributed by atoms with Crippen LogP contribution in [0, 0.1) is 30.6 Å². The molecule has 14 nitrogen and oxygen atoms in total. The molecule has 1 unspecified atom stereocenters. The van der Waals surface area contributed by atoms with E-state index in [1.807, 2.05) is 58.9 Å². The van der Waals surface area contributed by atoms with E-state index in [1.54, 1.807) is 83.6 Å². The van der Waals surface area contributed by atoms with Crippen LogP contribution in [0.15, 0.2) is 95.3 Å². The van der Waals surface area contributed by atoms with Crippen molar-refractivity contribution in [1.29, 1.82) is 5.26 Å². The maximum atomic E-state index is 14.1. The Bertz CT molecular complexity index is 2740. The van der Waals surface area contributed by atoms with E-state index in [1.165, 1.54) is 12.0 Å². The summed E-state index contributed by atoms with van der Waals surface area (Å²) in [5.74, 6) is -0.292. The van der Waals surface area contributed by atoms with Crippen LogP contribution in [-0.2, 0) is 38.7 Å². The fraction of sp³-hybridized carbons (Fsp3) is 0.300. The molecule has 2 fully saturated rings. The number of imide groups is 1. The molecule has 7 rings (SSSR count). The van der Waals surface area contributed by atoms with Gasteiger partial charge in [0.2, 0.25) is 17.7 Å². The van der Waals surface area contributed by atoms with Gasteiger partial charge in [0.05, 0.1) is 58.8 Å². The number of aliphatic hydroxyl groups excluding tert-OH is 1. The Labute approximate surface area is 391 Å². The van der Waals surface area contributed by atoms with E-state index < -0.39 is 52.5 Å². The molecule has 0 bridgehead atoms. The highest BCUT2D eigenvalue weighted by molar-refractivity contribution is 8.18. The number of carbonyl (C=O) groups excluding carboxylic acids is 5. The number of nitrogens with one attached hydrogen (secondary N) is 2. The molecule has 0 saturated carbocycles. The predicted octanol–water partition coefficient (Wildman–Crippen LogP) is 7.69. The molecule has 2 saturated heterocycles. The summed E-state index contributed by atoms with van der Waals surface area (Å²) in [6.07, 6.45) is 0.737. The van der Waals surface area contributed by atoms with E-state index in [0.29, 0.717) is 39.5 Å². The summed E-state index contributed by atoms with van der Waals surface area (Å²) < 4.78 is 11.6. The normalized spacial score (nSPS) is 17.2. The maximum Gasteiger partial charge on any atom is 0.293 e. The molecular weight excluding hydrogens is 877 g/mol. The van der Waals surface area contributed by atoms with Gasteiger partial charge in [0.1, 0.15) is 17.8 Å². The summed E-state index contributed by atoms with van der Waals surface area (Å²) >= 11 is 2.40. The molecule has 5 aromatic rings. The summed E-state index contributed by atoms with van der Waals surface area (Å²) in [5.41, 5.74) is 7.17. The molecule has 66 heavy (non-hydrogen) atoms. The minimum Gasteiger partial charge on any atom is -0.493 e. The van der Waals surface area contributed by atoms with E-state index in [9.17, 15) is 34.3 Å². The number of hydrogen-bond donors (Lipinski definition) is 3. The molecule has 4 aromatic carbocycles. The number of rotatable bonds is 14. The first-order valence-corrected chi connectivity index (χ1v) is 23.0. The minimum absolute atomic E-state index is 0.0189. The predicted molar refractivity (Wildman–Crippen MR) is 252 cm³/mol. The number of amides is 5. The molecule has 3 atom stereocenters. The number of nitrogens with zero attached hydrogens (tertiary/aromatic N) is 4. The number of aromatic nitrogens is 1. The van der Waals surface area contributed by atoms with Gasteiger partial charge in [0.15, 0.2) is 11.5 Å². The third kappa shape index (κ3) is 11.0. The van der Waals surface area contributed by atoms with Crippen LogP contribution in [-0.4, -0.2) is 80.6 Å². The number of β-amino-alcohol motifs (C(OH)–C–C–N with tert-alkyl or cyclic N) is 1. The van der Waals surface area contributed by atoms with Crippen molar-refractivity contribution in [2.75, 3.05) is 13.7 Å². The Kier molecular flexibility index (Phi) is 14.4. The molecule has 5 amide bonds. The lowest BCUT2D eigenvalue weighted by atomic mass is 9.85. The number of benzene rings is 4. The van der Waals surface area contributed by atoms with E-state index in [-0.39, 0.29) is 37.4 Å². The molecule has 16 heteroatoms. The van der Waals surface area contributed by atoms with Crippen molar-refractivity contribution in [3.63, 3.8) is 0 Å². The smallest absolute Gasteiger partial charge is 0.293 e. The molecule has 0 aliphatic carbocycles. The number of aryl methyl sites for hydroxylation is 2. The quantitative estimate of drug-likeness (QED) is 0.0926. The average molecular weight is 927 g/mol. The lowest BCUT2D eigenvalue weighted by Crippen LogP contribution is -2.58. The van der Waals surface area contributed by atoms with Gasteiger partial charge in [-0.1, -0.05) is 75.4 Å². The van der Waals surface area contributed by atoms with E-state index in [4.69, 9.17) is 9.47 Å². The average Bonchev–Trinajstić information content (AvgIpc) is 3.98. The van der Waals surface area contributed by atoms with Crippen molar-refractivity contribution in [2.24, 2.45) is 5.41 Å². The number of likely N-dealkylation sites (tertiary alicyclic amines) is 1. The van der Waals surface area contributed by atoms with E-state index in [0.717, 1.165) is 43.9 Å².